The first-order valence-corrected chi connectivity index (χ1v) is 5.58. The zero-order valence-corrected chi connectivity index (χ0v) is 9.51. The van der Waals surface area contributed by atoms with Crippen molar-refractivity contribution in [1.29, 1.82) is 0 Å². The van der Waals surface area contributed by atoms with Crippen LogP contribution in [0.15, 0.2) is 12.7 Å². The van der Waals surface area contributed by atoms with E-state index in [0.717, 1.165) is 6.42 Å². The van der Waals surface area contributed by atoms with Gasteiger partial charge in [-0.2, -0.15) is 0 Å². The molecule has 2 saturated carbocycles. The topological polar surface area (TPSA) is 34.1 Å². The fourth-order valence-corrected chi connectivity index (χ4v) is 3.55. The van der Waals surface area contributed by atoms with Crippen molar-refractivity contribution in [3.05, 3.63) is 12.7 Å². The van der Waals surface area contributed by atoms with Crippen molar-refractivity contribution in [1.82, 2.24) is 0 Å². The minimum atomic E-state index is -0.116. The highest BCUT2D eigenvalue weighted by atomic mass is 16.1. The summed E-state index contributed by atoms with van der Waals surface area (Å²) in [6, 6.07) is 0. The number of allylic oxidation sites excluding steroid dienone is 1. The van der Waals surface area contributed by atoms with Crippen LogP contribution in [-0.2, 0) is 9.59 Å². The smallest absolute Gasteiger partial charge is 0.137 e. The van der Waals surface area contributed by atoms with Gasteiger partial charge in [-0.1, -0.05) is 19.9 Å². The van der Waals surface area contributed by atoms with Crippen LogP contribution in [0.2, 0.25) is 0 Å². The number of ketones is 2. The maximum atomic E-state index is 11.9. The Morgan fingerprint density at radius 3 is 2.60 bits per heavy atom. The number of carbonyl (C=O) groups excluding carboxylic acids is 2. The third-order valence-electron chi connectivity index (χ3n) is 4.66. The number of hydrogen-bond acceptors (Lipinski definition) is 2. The Kier molecular flexibility index (Phi) is 2.14. The predicted molar refractivity (Wildman–Crippen MR) is 58.4 cm³/mol. The summed E-state index contributed by atoms with van der Waals surface area (Å²) in [6.07, 6.45) is 4.27. The molecule has 0 aromatic heterocycles. The van der Waals surface area contributed by atoms with Gasteiger partial charge in [0.05, 0.1) is 0 Å². The van der Waals surface area contributed by atoms with Gasteiger partial charge in [-0.05, 0) is 17.3 Å². The second-order valence-electron chi connectivity index (χ2n) is 5.59. The minimum absolute atomic E-state index is 0.0199. The molecule has 0 radical (unpaired) electrons. The van der Waals surface area contributed by atoms with Crippen molar-refractivity contribution in [2.24, 2.45) is 16.7 Å². The molecule has 0 amide bonds. The molecule has 15 heavy (non-hydrogen) atoms. The molecule has 0 aromatic rings. The first-order chi connectivity index (χ1) is 6.93. The summed E-state index contributed by atoms with van der Waals surface area (Å²) in [4.78, 5) is 23.5. The lowest BCUT2D eigenvalue weighted by Gasteiger charge is -2.36. The summed E-state index contributed by atoms with van der Waals surface area (Å²) in [5.41, 5.74) is -0.204. The van der Waals surface area contributed by atoms with Gasteiger partial charge in [0.25, 0.3) is 0 Å². The van der Waals surface area contributed by atoms with Gasteiger partial charge in [-0.3, -0.25) is 9.59 Å². The Morgan fingerprint density at radius 1 is 1.33 bits per heavy atom. The van der Waals surface area contributed by atoms with E-state index in [1.54, 1.807) is 0 Å². The quantitative estimate of drug-likeness (QED) is 0.651. The van der Waals surface area contributed by atoms with E-state index in [4.69, 9.17) is 0 Å². The van der Waals surface area contributed by atoms with E-state index in [9.17, 15) is 9.59 Å². The van der Waals surface area contributed by atoms with Gasteiger partial charge in [0.1, 0.15) is 11.6 Å². The summed E-state index contributed by atoms with van der Waals surface area (Å²) in [7, 11) is 0. The lowest BCUT2D eigenvalue weighted by atomic mass is 9.66. The Hall–Kier alpha value is -0.920. The van der Waals surface area contributed by atoms with E-state index in [1.807, 2.05) is 6.08 Å². The molecule has 0 aliphatic heterocycles. The molecule has 2 aliphatic carbocycles. The first kappa shape index (κ1) is 10.6. The van der Waals surface area contributed by atoms with Gasteiger partial charge in [0.2, 0.25) is 0 Å². The van der Waals surface area contributed by atoms with Crippen molar-refractivity contribution < 1.29 is 9.59 Å². The fourth-order valence-electron chi connectivity index (χ4n) is 3.55. The molecule has 0 saturated heterocycles. The van der Waals surface area contributed by atoms with Crippen molar-refractivity contribution in [2.45, 2.75) is 39.5 Å². The van der Waals surface area contributed by atoms with E-state index >= 15 is 0 Å². The van der Waals surface area contributed by atoms with E-state index < -0.39 is 0 Å². The Balaban J connectivity index is 2.39. The number of hydrogen-bond donors (Lipinski definition) is 0. The number of Topliss-reactive ketones (excluding diaryl/α,β-unsaturated/α-hetero) is 2. The Labute approximate surface area is 90.7 Å². The molecule has 0 spiro atoms. The summed E-state index contributed by atoms with van der Waals surface area (Å²) >= 11 is 0. The highest BCUT2D eigenvalue weighted by molar-refractivity contribution is 5.92. The highest BCUT2D eigenvalue weighted by Gasteiger charge is 2.62. The van der Waals surface area contributed by atoms with Crippen LogP contribution in [-0.4, -0.2) is 11.6 Å². The molecule has 2 fully saturated rings. The van der Waals surface area contributed by atoms with Gasteiger partial charge in [0, 0.05) is 25.2 Å². The van der Waals surface area contributed by atoms with Gasteiger partial charge >= 0.3 is 0 Å². The van der Waals surface area contributed by atoms with Crippen LogP contribution < -0.4 is 0 Å². The van der Waals surface area contributed by atoms with Crippen LogP contribution in [0, 0.1) is 16.7 Å². The molecule has 0 bridgehead atoms. The van der Waals surface area contributed by atoms with E-state index in [0.29, 0.717) is 30.8 Å². The molecule has 82 valence electrons. The fraction of sp³-hybridized carbons (Fsp3) is 0.692. The minimum Gasteiger partial charge on any atom is -0.300 e. The van der Waals surface area contributed by atoms with Crippen molar-refractivity contribution in [3.8, 4) is 0 Å². The number of rotatable bonds is 2. The molecule has 0 heterocycles. The SMILES string of the molecule is C=CCC1C(=O)C[C@]2(C)CC(=O)C[C@]12C. The van der Waals surface area contributed by atoms with E-state index in [2.05, 4.69) is 20.4 Å². The molecule has 2 rings (SSSR count). The third-order valence-corrected chi connectivity index (χ3v) is 4.66. The maximum Gasteiger partial charge on any atom is 0.137 e. The molecular formula is C13H18O2. The van der Waals surface area contributed by atoms with Gasteiger partial charge in [-0.15, -0.1) is 6.58 Å². The van der Waals surface area contributed by atoms with E-state index in [-0.39, 0.29) is 16.7 Å². The van der Waals surface area contributed by atoms with Crippen LogP contribution in [0.3, 0.4) is 0 Å². The Bertz CT molecular complexity index is 344. The van der Waals surface area contributed by atoms with Crippen LogP contribution >= 0.6 is 0 Å². The second kappa shape index (κ2) is 3.03. The van der Waals surface area contributed by atoms with Gasteiger partial charge in [-0.25, -0.2) is 0 Å². The maximum absolute atomic E-state index is 11.9. The summed E-state index contributed by atoms with van der Waals surface area (Å²) in [5.74, 6) is 0.667. The molecule has 0 N–H and O–H groups in total. The van der Waals surface area contributed by atoms with Crippen LogP contribution in [0.5, 0.6) is 0 Å². The predicted octanol–water partition coefficient (Wildman–Crippen LogP) is 2.53. The molecule has 2 nitrogen and oxygen atoms in total. The standard InChI is InChI=1S/C13H18O2/c1-4-5-10-11(15)8-12(2)6-9(14)7-13(10,12)3/h4,10H,1,5-8H2,2-3H3/t10?,12-,13+/m0/s1. The summed E-state index contributed by atoms with van der Waals surface area (Å²) in [6.45, 7) is 7.91. The molecule has 2 aliphatic rings. The van der Waals surface area contributed by atoms with E-state index in [1.165, 1.54) is 0 Å². The van der Waals surface area contributed by atoms with Gasteiger partial charge < -0.3 is 0 Å². The molecule has 2 heteroatoms. The zero-order chi connectivity index (χ0) is 11.3. The largest absolute Gasteiger partial charge is 0.300 e. The van der Waals surface area contributed by atoms with Crippen LogP contribution in [0.25, 0.3) is 0 Å². The number of carbonyl (C=O) groups is 2. The van der Waals surface area contributed by atoms with Crippen molar-refractivity contribution in [3.63, 3.8) is 0 Å². The average molecular weight is 206 g/mol. The molecule has 3 atom stereocenters. The van der Waals surface area contributed by atoms with Gasteiger partial charge in [0.15, 0.2) is 0 Å². The number of fused-ring (bicyclic) bond motifs is 1. The first-order valence-electron chi connectivity index (χ1n) is 5.58. The normalized spacial score (nSPS) is 44.5. The second-order valence-corrected chi connectivity index (χ2v) is 5.59. The lowest BCUT2D eigenvalue weighted by molar-refractivity contribution is -0.123. The Morgan fingerprint density at radius 2 is 2.00 bits per heavy atom. The third kappa shape index (κ3) is 1.23. The van der Waals surface area contributed by atoms with Crippen molar-refractivity contribution in [2.75, 3.05) is 0 Å². The molecule has 1 unspecified atom stereocenters. The zero-order valence-electron chi connectivity index (χ0n) is 9.51. The molecule has 0 aromatic carbocycles. The van der Waals surface area contributed by atoms with Crippen LogP contribution in [0.4, 0.5) is 0 Å². The molecular weight excluding hydrogens is 188 g/mol. The van der Waals surface area contributed by atoms with Crippen LogP contribution in [0.1, 0.15) is 39.5 Å². The lowest BCUT2D eigenvalue weighted by Crippen LogP contribution is -2.32. The van der Waals surface area contributed by atoms with Crippen molar-refractivity contribution >= 4 is 11.6 Å². The average Bonchev–Trinajstić information content (AvgIpc) is 2.40. The highest BCUT2D eigenvalue weighted by Crippen LogP contribution is 2.63. The summed E-state index contributed by atoms with van der Waals surface area (Å²) < 4.78 is 0. The monoisotopic (exact) mass is 206 g/mol. The summed E-state index contributed by atoms with van der Waals surface area (Å²) in [5, 5.41) is 0.